The third-order valence-corrected chi connectivity index (χ3v) is 4.89. The highest BCUT2D eigenvalue weighted by Crippen LogP contribution is 2.20. The van der Waals surface area contributed by atoms with Gasteiger partial charge in [0.15, 0.2) is 5.78 Å². The number of ketones is 1. The number of carbonyl (C=O) groups excluding carboxylic acids is 2. The molecule has 3 aromatic rings. The summed E-state index contributed by atoms with van der Waals surface area (Å²) in [6.07, 6.45) is 0. The van der Waals surface area contributed by atoms with Gasteiger partial charge in [0.2, 0.25) is 0 Å². The number of carbonyl (C=O) groups is 2. The average molecular weight is 365 g/mol. The predicted molar refractivity (Wildman–Crippen MR) is 103 cm³/mol. The third-order valence-electron chi connectivity index (χ3n) is 3.86. The molecule has 0 unspecified atom stereocenters. The summed E-state index contributed by atoms with van der Waals surface area (Å²) < 4.78 is 5.90. The summed E-state index contributed by atoms with van der Waals surface area (Å²) in [5, 5.41) is 4.58. The molecule has 0 aliphatic rings. The predicted octanol–water partition coefficient (Wildman–Crippen LogP) is 4.46. The summed E-state index contributed by atoms with van der Waals surface area (Å²) in [6, 6.07) is 19.2. The number of benzene rings is 2. The van der Waals surface area contributed by atoms with E-state index in [2.05, 4.69) is 5.32 Å². The molecule has 0 bridgehead atoms. The molecule has 1 aromatic heterocycles. The second kappa shape index (κ2) is 8.45. The molecule has 1 amide bonds. The molecule has 0 aliphatic carbocycles. The number of hydrogen-bond acceptors (Lipinski definition) is 4. The Balaban J connectivity index is 1.62. The van der Waals surface area contributed by atoms with E-state index in [-0.39, 0.29) is 11.7 Å². The Morgan fingerprint density at radius 3 is 2.50 bits per heavy atom. The number of amides is 1. The summed E-state index contributed by atoms with van der Waals surface area (Å²) in [6.45, 7) is 2.32. The Bertz CT molecular complexity index is 902. The molecule has 3 rings (SSSR count). The summed E-state index contributed by atoms with van der Waals surface area (Å²) >= 11 is 1.28. The lowest BCUT2D eigenvalue weighted by molar-refractivity contribution is 0.0951. The lowest BCUT2D eigenvalue weighted by Crippen LogP contribution is -2.22. The van der Waals surface area contributed by atoms with Crippen molar-refractivity contribution < 1.29 is 14.3 Å². The van der Waals surface area contributed by atoms with Crippen LogP contribution < -0.4 is 10.1 Å². The molecular formula is C21H19NO3S. The minimum absolute atomic E-state index is 0.0336. The Morgan fingerprint density at radius 2 is 1.77 bits per heavy atom. The van der Waals surface area contributed by atoms with Gasteiger partial charge in [-0.25, -0.2) is 0 Å². The van der Waals surface area contributed by atoms with Crippen molar-refractivity contribution in [2.24, 2.45) is 0 Å². The number of Topliss-reactive ketones (excluding diaryl/α,β-unsaturated/α-hetero) is 1. The van der Waals surface area contributed by atoms with Crippen molar-refractivity contribution in [2.45, 2.75) is 20.1 Å². The van der Waals surface area contributed by atoms with Gasteiger partial charge in [0.1, 0.15) is 12.4 Å². The fourth-order valence-electron chi connectivity index (χ4n) is 2.44. The van der Waals surface area contributed by atoms with Crippen LogP contribution in [0.1, 0.15) is 38.1 Å². The zero-order valence-corrected chi connectivity index (χ0v) is 15.2. The Hall–Kier alpha value is -2.92. The van der Waals surface area contributed by atoms with Crippen LogP contribution in [-0.2, 0) is 13.2 Å². The first-order valence-electron chi connectivity index (χ1n) is 8.26. The van der Waals surface area contributed by atoms with Gasteiger partial charge < -0.3 is 10.1 Å². The van der Waals surface area contributed by atoms with E-state index in [0.717, 1.165) is 16.9 Å². The summed E-state index contributed by atoms with van der Waals surface area (Å²) in [4.78, 5) is 24.2. The minimum Gasteiger partial charge on any atom is -0.489 e. The maximum absolute atomic E-state index is 12.3. The van der Waals surface area contributed by atoms with Gasteiger partial charge in [-0.2, -0.15) is 0 Å². The molecule has 0 fully saturated rings. The summed E-state index contributed by atoms with van der Waals surface area (Å²) in [5.74, 6) is 0.506. The van der Waals surface area contributed by atoms with E-state index in [1.165, 1.54) is 18.3 Å². The largest absolute Gasteiger partial charge is 0.489 e. The Morgan fingerprint density at radius 1 is 1.04 bits per heavy atom. The van der Waals surface area contributed by atoms with Crippen LogP contribution in [0.2, 0.25) is 0 Å². The minimum atomic E-state index is -0.202. The van der Waals surface area contributed by atoms with E-state index in [1.54, 1.807) is 11.4 Å². The summed E-state index contributed by atoms with van der Waals surface area (Å²) in [5.41, 5.74) is 2.49. The lowest BCUT2D eigenvalue weighted by atomic mass is 10.2. The number of hydrogen-bond donors (Lipinski definition) is 1. The molecule has 1 N–H and O–H groups in total. The third kappa shape index (κ3) is 4.58. The van der Waals surface area contributed by atoms with E-state index >= 15 is 0 Å². The molecule has 5 heteroatoms. The van der Waals surface area contributed by atoms with Crippen molar-refractivity contribution in [1.29, 1.82) is 0 Å². The first-order valence-corrected chi connectivity index (χ1v) is 9.14. The zero-order chi connectivity index (χ0) is 18.4. The zero-order valence-electron chi connectivity index (χ0n) is 14.4. The Labute approximate surface area is 156 Å². The standard InChI is InChI=1S/C21H19NO3S/c1-15(23)20-11-18(14-26-20)21(24)22-12-17-9-5-6-10-19(17)25-13-16-7-3-2-4-8-16/h2-11,14H,12-13H2,1H3,(H,22,24). The topological polar surface area (TPSA) is 55.4 Å². The van der Waals surface area contributed by atoms with Crippen molar-refractivity contribution >= 4 is 23.0 Å². The fraction of sp³-hybridized carbons (Fsp3) is 0.143. The number of rotatable bonds is 7. The molecule has 0 radical (unpaired) electrons. The maximum Gasteiger partial charge on any atom is 0.252 e. The van der Waals surface area contributed by atoms with Gasteiger partial charge in [-0.15, -0.1) is 11.3 Å². The van der Waals surface area contributed by atoms with Gasteiger partial charge in [-0.05, 0) is 24.6 Å². The van der Waals surface area contributed by atoms with E-state index in [4.69, 9.17) is 4.74 Å². The van der Waals surface area contributed by atoms with E-state index < -0.39 is 0 Å². The molecule has 2 aromatic carbocycles. The number of ether oxygens (including phenoxy) is 1. The second-order valence-corrected chi connectivity index (χ2v) is 6.73. The first-order chi connectivity index (χ1) is 12.6. The van der Waals surface area contributed by atoms with Crippen LogP contribution in [0.25, 0.3) is 0 Å². The SMILES string of the molecule is CC(=O)c1cc(C(=O)NCc2ccccc2OCc2ccccc2)cs1. The van der Waals surface area contributed by atoms with Crippen LogP contribution in [0.5, 0.6) is 5.75 Å². The highest BCUT2D eigenvalue weighted by Gasteiger charge is 2.12. The number of nitrogens with one attached hydrogen (secondary N) is 1. The van der Waals surface area contributed by atoms with Crippen molar-refractivity contribution in [1.82, 2.24) is 5.32 Å². The quantitative estimate of drug-likeness (QED) is 0.629. The van der Waals surface area contributed by atoms with Gasteiger partial charge in [0.25, 0.3) is 5.91 Å². The number of para-hydroxylation sites is 1. The second-order valence-electron chi connectivity index (χ2n) is 5.82. The van der Waals surface area contributed by atoms with Crippen molar-refractivity contribution in [2.75, 3.05) is 0 Å². The normalized spacial score (nSPS) is 10.3. The van der Waals surface area contributed by atoms with Gasteiger partial charge in [-0.1, -0.05) is 48.5 Å². The van der Waals surface area contributed by atoms with Crippen molar-refractivity contribution in [3.05, 3.63) is 87.6 Å². The van der Waals surface area contributed by atoms with Crippen LogP contribution in [0.4, 0.5) is 0 Å². The van der Waals surface area contributed by atoms with Crippen molar-refractivity contribution in [3.63, 3.8) is 0 Å². The van der Waals surface area contributed by atoms with Gasteiger partial charge >= 0.3 is 0 Å². The van der Waals surface area contributed by atoms with Crippen LogP contribution in [0.3, 0.4) is 0 Å². The van der Waals surface area contributed by atoms with Gasteiger partial charge in [0, 0.05) is 17.5 Å². The highest BCUT2D eigenvalue weighted by molar-refractivity contribution is 7.12. The monoisotopic (exact) mass is 365 g/mol. The van der Waals surface area contributed by atoms with Crippen LogP contribution >= 0.6 is 11.3 Å². The molecule has 0 atom stereocenters. The summed E-state index contributed by atoms with van der Waals surface area (Å²) in [7, 11) is 0. The van der Waals surface area contributed by atoms with E-state index in [1.807, 2.05) is 54.6 Å². The van der Waals surface area contributed by atoms with Gasteiger partial charge in [0.05, 0.1) is 10.4 Å². The molecule has 26 heavy (non-hydrogen) atoms. The van der Waals surface area contributed by atoms with Crippen molar-refractivity contribution in [3.8, 4) is 5.75 Å². The molecule has 0 aliphatic heterocycles. The highest BCUT2D eigenvalue weighted by atomic mass is 32.1. The molecule has 132 valence electrons. The molecule has 0 saturated carbocycles. The van der Waals surface area contributed by atoms with Crippen LogP contribution in [0, 0.1) is 0 Å². The molecule has 0 spiro atoms. The van der Waals surface area contributed by atoms with Crippen LogP contribution in [-0.4, -0.2) is 11.7 Å². The smallest absolute Gasteiger partial charge is 0.252 e. The fourth-order valence-corrected chi connectivity index (χ4v) is 3.23. The molecular weight excluding hydrogens is 346 g/mol. The molecule has 0 saturated heterocycles. The number of thiophene rings is 1. The van der Waals surface area contributed by atoms with Gasteiger partial charge in [-0.3, -0.25) is 9.59 Å². The van der Waals surface area contributed by atoms with E-state index in [9.17, 15) is 9.59 Å². The lowest BCUT2D eigenvalue weighted by Gasteiger charge is -2.12. The first kappa shape index (κ1) is 17.9. The van der Waals surface area contributed by atoms with E-state index in [0.29, 0.717) is 23.6 Å². The maximum atomic E-state index is 12.3. The Kier molecular flexibility index (Phi) is 5.81. The average Bonchev–Trinajstić information content (AvgIpc) is 3.16. The molecule has 1 heterocycles. The molecule has 4 nitrogen and oxygen atoms in total. The van der Waals surface area contributed by atoms with Crippen LogP contribution in [0.15, 0.2) is 66.0 Å².